The number of oxazole rings is 1. The van der Waals surface area contributed by atoms with Crippen molar-refractivity contribution in [2.24, 2.45) is 29.1 Å². The average molecular weight is 1040 g/mol. The summed E-state index contributed by atoms with van der Waals surface area (Å²) in [6.45, 7) is 12.3. The summed E-state index contributed by atoms with van der Waals surface area (Å²) >= 11 is 0. The van der Waals surface area contributed by atoms with Crippen molar-refractivity contribution in [2.45, 2.75) is 166 Å². The van der Waals surface area contributed by atoms with Crippen molar-refractivity contribution < 1.29 is 71.6 Å². The van der Waals surface area contributed by atoms with Crippen LogP contribution >= 0.6 is 0 Å². The molecule has 0 bridgehead atoms. The van der Waals surface area contributed by atoms with Crippen molar-refractivity contribution in [1.29, 1.82) is 5.26 Å². The molecule has 2 saturated heterocycles. The van der Waals surface area contributed by atoms with Gasteiger partial charge in [0.05, 0.1) is 31.5 Å². The van der Waals surface area contributed by atoms with Gasteiger partial charge in [-0.1, -0.05) is 80.5 Å². The number of carbonyl (C=O) groups excluding carboxylic acids is 2. The number of carbonyl (C=O) groups is 2. The van der Waals surface area contributed by atoms with Gasteiger partial charge in [-0.3, -0.25) is 4.79 Å². The molecule has 0 radical (unpaired) electrons. The maximum Gasteiger partial charge on any atom is 0.407 e. The predicted molar refractivity (Wildman–Crippen MR) is 273 cm³/mol. The molecule has 3 aliphatic heterocycles. The van der Waals surface area contributed by atoms with Gasteiger partial charge in [0.1, 0.15) is 54.2 Å². The third-order valence-corrected chi connectivity index (χ3v) is 15.4. The number of amides is 1. The molecule has 1 saturated carbocycles. The van der Waals surface area contributed by atoms with Crippen LogP contribution in [-0.4, -0.2) is 150 Å². The molecule has 18 nitrogen and oxygen atoms in total. The average Bonchev–Trinajstić information content (AvgIpc) is 3.76. The Morgan fingerprint density at radius 2 is 1.78 bits per heavy atom. The molecule has 6 rings (SSSR count). The van der Waals surface area contributed by atoms with Gasteiger partial charge in [-0.15, -0.1) is 0 Å². The molecule has 1 amide bonds. The fraction of sp³-hybridized carbons (Fsp3) is 0.679. The van der Waals surface area contributed by atoms with Crippen molar-refractivity contribution in [2.75, 3.05) is 48.7 Å². The molecular formula is C56H81N3O15. The number of unbranched alkanes of at least 4 members (excludes halogenated alkanes) is 1. The van der Waals surface area contributed by atoms with Crippen LogP contribution in [0.25, 0.3) is 6.08 Å². The molecule has 0 spiro atoms. The number of cyclic esters (lactones) is 1. The van der Waals surface area contributed by atoms with Crippen LogP contribution in [0, 0.1) is 47.3 Å². The van der Waals surface area contributed by atoms with E-state index in [4.69, 9.17) is 62.0 Å². The zero-order chi connectivity index (χ0) is 53.7. The Kier molecular flexibility index (Phi) is 21.8. The Labute approximate surface area is 437 Å². The molecule has 3 fully saturated rings. The largest absolute Gasteiger partial charge is 0.457 e. The lowest BCUT2D eigenvalue weighted by atomic mass is 9.53. The zero-order valence-electron chi connectivity index (χ0n) is 45.0. The number of nitrogens with zero attached hydrogens (tertiary/aromatic N) is 2. The highest BCUT2D eigenvalue weighted by Gasteiger charge is 2.56. The number of aliphatic hydroxyl groups is 2. The molecule has 18 heteroatoms. The fourth-order valence-electron chi connectivity index (χ4n) is 11.0. The number of nitriles is 1. The van der Waals surface area contributed by atoms with Gasteiger partial charge in [-0.05, 0) is 69.9 Å². The SMILES string of the molecule is CNC(=O)OC1C(OC)COC(OC2C(O)C(COC)OC(OC3CC(OC)CC4[C@H]3C(C)=CC3/C=C/C=C/C(C)C(/C=C/c5nc(C(C)CCCC#N)oc5C)OC(=O)CC/C=C(C)\C=C\C34C)C2OC)C1O. The van der Waals surface area contributed by atoms with E-state index < -0.39 is 79.0 Å². The summed E-state index contributed by atoms with van der Waals surface area (Å²) in [4.78, 5) is 30.4. The molecular weight excluding hydrogens is 955 g/mol. The standard InChI is InChI=1S/C56H81N3O15/c1-32-17-16-21-45(60)70-41(23-22-40-36(5)69-52(59-40)34(3)19-14-15-26-57)33(2)18-12-13-20-37-27-35(4)46-39(56(37,6)25-24-32)28-38(65-9)29-42(46)71-54-51(67-11)50(47(61)43(72-54)30-64-8)73-53-48(62)49(74-55(63)58-7)44(66-10)31-68-53/h12-13,17-18,20,22-25,27,33-34,37-39,41-44,46-51,53-54,61-62H,14-16,19,21,28-31H2,1-11H3,(H,58,63)/b18-12+,20-13+,23-22+,25-24+,32-17-/t33?,34?,37?,38?,39?,41?,42?,43?,44?,46-,47?,48?,49?,50?,51?,53?,54?,56?/m1/s1. The maximum atomic E-state index is 13.4. The van der Waals surface area contributed by atoms with Gasteiger partial charge in [0.25, 0.3) is 0 Å². The highest BCUT2D eigenvalue weighted by atomic mass is 16.7. The van der Waals surface area contributed by atoms with E-state index in [9.17, 15) is 19.8 Å². The van der Waals surface area contributed by atoms with E-state index in [0.29, 0.717) is 36.6 Å². The van der Waals surface area contributed by atoms with Crippen LogP contribution in [0.3, 0.4) is 0 Å². The second-order valence-corrected chi connectivity index (χ2v) is 20.5. The number of fused-ring (bicyclic) bond motifs is 3. The van der Waals surface area contributed by atoms with Crippen LogP contribution in [-0.2, 0) is 52.2 Å². The first-order valence-electron chi connectivity index (χ1n) is 26.0. The number of alkyl carbamates (subject to hydrolysis) is 1. The quantitative estimate of drug-likeness (QED) is 0.0835. The number of esters is 1. The van der Waals surface area contributed by atoms with E-state index in [0.717, 1.165) is 30.4 Å². The number of hydrogen-bond donors (Lipinski definition) is 3. The highest BCUT2D eigenvalue weighted by molar-refractivity contribution is 5.70. The lowest BCUT2D eigenvalue weighted by molar-refractivity contribution is -0.360. The topological polar surface area (TPSA) is 229 Å². The summed E-state index contributed by atoms with van der Waals surface area (Å²) in [7, 11) is 7.51. The lowest BCUT2D eigenvalue weighted by Gasteiger charge is -2.55. The van der Waals surface area contributed by atoms with Gasteiger partial charge >= 0.3 is 12.1 Å². The Morgan fingerprint density at radius 1 is 1.01 bits per heavy atom. The van der Waals surface area contributed by atoms with Gasteiger partial charge < -0.3 is 67.3 Å². The van der Waals surface area contributed by atoms with Gasteiger partial charge in [0.2, 0.25) is 0 Å². The monoisotopic (exact) mass is 1040 g/mol. The van der Waals surface area contributed by atoms with Crippen LogP contribution in [0.5, 0.6) is 0 Å². The highest BCUT2D eigenvalue weighted by Crippen LogP contribution is 2.56. The first kappa shape index (κ1) is 58.7. The third-order valence-electron chi connectivity index (χ3n) is 15.4. The number of aryl methyl sites for hydroxylation is 1. The summed E-state index contributed by atoms with van der Waals surface area (Å²) in [5.41, 5.74) is 2.38. The van der Waals surface area contributed by atoms with E-state index in [1.807, 2.05) is 52.0 Å². The van der Waals surface area contributed by atoms with Crippen molar-refractivity contribution in [3.8, 4) is 6.07 Å². The number of hydrogen-bond acceptors (Lipinski definition) is 17. The van der Waals surface area contributed by atoms with Crippen LogP contribution in [0.4, 0.5) is 4.79 Å². The predicted octanol–water partition coefficient (Wildman–Crippen LogP) is 7.35. The molecule has 18 atom stereocenters. The van der Waals surface area contributed by atoms with Crippen molar-refractivity contribution in [3.63, 3.8) is 0 Å². The van der Waals surface area contributed by atoms with Crippen molar-refractivity contribution in [3.05, 3.63) is 83.2 Å². The smallest absolute Gasteiger partial charge is 0.407 e. The minimum Gasteiger partial charge on any atom is -0.457 e. The van der Waals surface area contributed by atoms with Crippen LogP contribution in [0.15, 0.2) is 70.2 Å². The van der Waals surface area contributed by atoms with Crippen LogP contribution < -0.4 is 5.32 Å². The Bertz CT molecular complexity index is 2230. The van der Waals surface area contributed by atoms with Crippen molar-refractivity contribution in [1.82, 2.24) is 10.3 Å². The molecule has 410 valence electrons. The number of allylic oxidation sites excluding steroid dienone is 8. The number of nitrogens with one attached hydrogen (secondary N) is 1. The summed E-state index contributed by atoms with van der Waals surface area (Å²) in [5, 5.41) is 34.6. The van der Waals surface area contributed by atoms with Gasteiger partial charge in [-0.2, -0.15) is 5.26 Å². The number of rotatable bonds is 16. The Balaban J connectivity index is 1.28. The number of aliphatic hydroxyl groups excluding tert-OH is 2. The van der Waals surface area contributed by atoms with Crippen LogP contribution in [0.2, 0.25) is 0 Å². The van der Waals surface area contributed by atoms with Gasteiger partial charge in [0.15, 0.2) is 24.6 Å². The van der Waals surface area contributed by atoms with E-state index in [1.54, 1.807) is 7.11 Å². The summed E-state index contributed by atoms with van der Waals surface area (Å²) in [5.74, 6) is 0.743. The summed E-state index contributed by atoms with van der Waals surface area (Å²) in [6, 6.07) is 2.19. The van der Waals surface area contributed by atoms with E-state index >= 15 is 0 Å². The van der Waals surface area contributed by atoms with E-state index in [-0.39, 0.29) is 61.3 Å². The molecule has 0 aromatic carbocycles. The van der Waals surface area contributed by atoms with Gasteiger partial charge in [-0.25, -0.2) is 9.78 Å². The molecule has 2 aliphatic carbocycles. The second-order valence-electron chi connectivity index (χ2n) is 20.5. The molecule has 74 heavy (non-hydrogen) atoms. The maximum absolute atomic E-state index is 13.4. The number of aromatic nitrogens is 1. The fourth-order valence-corrected chi connectivity index (χ4v) is 11.0. The normalized spacial score (nSPS) is 38.5. The van der Waals surface area contributed by atoms with Crippen LogP contribution in [0.1, 0.15) is 103 Å². The van der Waals surface area contributed by atoms with Crippen molar-refractivity contribution >= 4 is 18.1 Å². The zero-order valence-corrected chi connectivity index (χ0v) is 45.0. The second kappa shape index (κ2) is 27.5. The number of ether oxygens (including phenoxy) is 10. The summed E-state index contributed by atoms with van der Waals surface area (Å²) in [6.07, 6.45) is 12.7. The third kappa shape index (κ3) is 14.3. The molecule has 17 unspecified atom stereocenters. The molecule has 3 N–H and O–H groups in total. The first-order chi connectivity index (χ1) is 35.5. The number of methoxy groups -OCH3 is 4. The van der Waals surface area contributed by atoms with Gasteiger partial charge in [0, 0.05) is 78.4 Å². The first-order valence-corrected chi connectivity index (χ1v) is 26.0. The van der Waals surface area contributed by atoms with E-state index in [1.165, 1.54) is 28.4 Å². The molecule has 5 aliphatic rings. The minimum absolute atomic E-state index is 0.0102. The Hall–Kier alpha value is -4.52. The molecule has 1 aromatic rings. The Morgan fingerprint density at radius 3 is 2.49 bits per heavy atom. The molecule has 1 aromatic heterocycles. The minimum atomic E-state index is -1.50. The molecule has 4 heterocycles. The van der Waals surface area contributed by atoms with E-state index in [2.05, 4.69) is 61.7 Å². The summed E-state index contributed by atoms with van der Waals surface area (Å²) < 4.78 is 66.7. The lowest BCUT2D eigenvalue weighted by Crippen LogP contribution is -2.65.